The number of hydrogen-bond donors (Lipinski definition) is 2. The summed E-state index contributed by atoms with van der Waals surface area (Å²) >= 11 is 9.31. The first-order valence-electron chi connectivity index (χ1n) is 17.7. The smallest absolute Gasteiger partial charge is 0.369 e. The van der Waals surface area contributed by atoms with Gasteiger partial charge in [0.25, 0.3) is 0 Å². The van der Waals surface area contributed by atoms with Gasteiger partial charge < -0.3 is 29.2 Å². The van der Waals surface area contributed by atoms with E-state index in [0.29, 0.717) is 35.4 Å². The van der Waals surface area contributed by atoms with Crippen LogP contribution >= 0.6 is 47.3 Å². The minimum Gasteiger partial charge on any atom is -0.504 e. The molecule has 0 atom stereocenters. The van der Waals surface area contributed by atoms with Gasteiger partial charge in [-0.05, 0) is 76.2 Å². The van der Waals surface area contributed by atoms with Gasteiger partial charge >= 0.3 is 3.18 Å². The molecule has 0 aliphatic heterocycles. The molecule has 2 aromatic carbocycles. The average Bonchev–Trinajstić information content (AvgIpc) is 3.92. The van der Waals surface area contributed by atoms with Crippen molar-refractivity contribution in [2.75, 3.05) is 14.2 Å². The number of aldehydes is 2. The van der Waals surface area contributed by atoms with Crippen LogP contribution in [-0.2, 0) is 13.2 Å². The maximum atomic E-state index is 11.6. The van der Waals surface area contributed by atoms with Crippen molar-refractivity contribution in [1.29, 1.82) is 0 Å². The number of aromatic hydroxyl groups is 2. The van der Waals surface area contributed by atoms with Crippen LogP contribution in [0.4, 0.5) is 0 Å². The monoisotopic (exact) mass is 982 g/mol. The molecule has 0 saturated heterocycles. The zero-order valence-electron chi connectivity index (χ0n) is 32.5. The van der Waals surface area contributed by atoms with Crippen molar-refractivity contribution >= 4 is 63.0 Å². The molecule has 0 spiro atoms. The van der Waals surface area contributed by atoms with E-state index in [4.69, 9.17) is 18.9 Å². The predicted molar refractivity (Wildman–Crippen MR) is 233 cm³/mol. The maximum Gasteiger partial charge on any atom is 0.369 e. The number of nitrogens with zero attached hydrogens (tertiary/aromatic N) is 6. The predicted octanol–water partition coefficient (Wildman–Crippen LogP) is 9.42. The molecule has 304 valence electrons. The van der Waals surface area contributed by atoms with Crippen molar-refractivity contribution < 1.29 is 38.7 Å². The largest absolute Gasteiger partial charge is 0.504 e. The number of carbonyl (C=O) groups excluding carboxylic acids is 2. The Balaban J connectivity index is 0.000000236. The molecule has 0 aliphatic rings. The molecule has 0 bridgehead atoms. The zero-order chi connectivity index (χ0) is 42.4. The highest BCUT2D eigenvalue weighted by molar-refractivity contribution is 9.69. The molecule has 4 aromatic heterocycles. The van der Waals surface area contributed by atoms with Gasteiger partial charge in [0.05, 0.1) is 37.0 Å². The Hall–Kier alpha value is -5.20. The van der Waals surface area contributed by atoms with Crippen molar-refractivity contribution in [3.05, 3.63) is 108 Å². The number of phenolic OH excluding ortho intramolecular Hbond substituents is 2. The molecular formula is C40H42BBr3N6O8. The third-order valence-electron chi connectivity index (χ3n) is 8.29. The Labute approximate surface area is 361 Å². The molecule has 2 N–H and O–H groups in total. The molecule has 6 aromatic rings. The topological polar surface area (TPSA) is 173 Å². The number of halogens is 3. The van der Waals surface area contributed by atoms with E-state index in [-0.39, 0.29) is 45.5 Å². The number of carbonyl (C=O) groups is 2. The van der Waals surface area contributed by atoms with Gasteiger partial charge in [-0.1, -0.05) is 12.1 Å². The molecule has 0 unspecified atom stereocenters. The van der Waals surface area contributed by atoms with Crippen LogP contribution in [0.15, 0.2) is 85.5 Å². The Kier molecular flexibility index (Phi) is 17.3. The highest BCUT2D eigenvalue weighted by atomic mass is 79.9. The summed E-state index contributed by atoms with van der Waals surface area (Å²) in [4.78, 5) is 31.8. The lowest BCUT2D eigenvalue weighted by Gasteiger charge is -2.16. The first kappa shape index (κ1) is 45.5. The molecule has 0 aliphatic carbocycles. The number of hydrogen-bond acceptors (Lipinski definition) is 12. The fourth-order valence-corrected chi connectivity index (χ4v) is 5.70. The summed E-state index contributed by atoms with van der Waals surface area (Å²) in [5, 5.41) is 28.0. The molecular weight excluding hydrogens is 943 g/mol. The van der Waals surface area contributed by atoms with Crippen LogP contribution in [0.25, 0.3) is 22.8 Å². The quantitative estimate of drug-likeness (QED) is 0.0603. The van der Waals surface area contributed by atoms with Gasteiger partial charge in [0, 0.05) is 48.0 Å². The number of aromatic nitrogens is 6. The van der Waals surface area contributed by atoms with Gasteiger partial charge in [-0.2, -0.15) is 10.2 Å². The lowest BCUT2D eigenvalue weighted by atomic mass is 10.1. The van der Waals surface area contributed by atoms with E-state index in [1.807, 2.05) is 53.5 Å². The Morgan fingerprint density at radius 2 is 1.10 bits per heavy atom. The molecule has 0 saturated carbocycles. The first-order chi connectivity index (χ1) is 27.9. The average molecular weight is 985 g/mol. The summed E-state index contributed by atoms with van der Waals surface area (Å²) in [6.07, 6.45) is 8.06. The van der Waals surface area contributed by atoms with Crippen molar-refractivity contribution in [3.8, 4) is 57.3 Å². The minimum atomic E-state index is -0.498. The second-order valence-corrected chi connectivity index (χ2v) is 19.1. The fraction of sp³-hybridized carbons (Fsp3) is 0.250. The van der Waals surface area contributed by atoms with Gasteiger partial charge in [0.1, 0.15) is 35.8 Å². The molecule has 58 heavy (non-hydrogen) atoms. The Morgan fingerprint density at radius 1 is 0.655 bits per heavy atom. The van der Waals surface area contributed by atoms with Gasteiger partial charge in [-0.25, -0.2) is 0 Å². The fourth-order valence-electron chi connectivity index (χ4n) is 5.70. The molecule has 18 heteroatoms. The Morgan fingerprint density at radius 3 is 1.53 bits per heavy atom. The van der Waals surface area contributed by atoms with Gasteiger partial charge in [0.15, 0.2) is 35.6 Å². The summed E-state index contributed by atoms with van der Waals surface area (Å²) in [6.45, 7) is 8.57. The second kappa shape index (κ2) is 22.1. The number of methoxy groups -OCH3 is 2. The van der Waals surface area contributed by atoms with E-state index in [0.717, 1.165) is 33.9 Å². The summed E-state index contributed by atoms with van der Waals surface area (Å²) in [6, 6.07) is 17.8. The summed E-state index contributed by atoms with van der Waals surface area (Å²) in [7, 11) is 3.01. The van der Waals surface area contributed by atoms with Gasteiger partial charge in [0.2, 0.25) is 0 Å². The van der Waals surface area contributed by atoms with Crippen LogP contribution in [0, 0.1) is 0 Å². The van der Waals surface area contributed by atoms with Gasteiger partial charge in [-0.3, -0.25) is 28.9 Å². The molecule has 0 radical (unpaired) electrons. The van der Waals surface area contributed by atoms with Crippen molar-refractivity contribution in [2.45, 2.75) is 53.0 Å². The zero-order valence-corrected chi connectivity index (χ0v) is 37.3. The normalized spacial score (nSPS) is 10.5. The molecule has 14 nitrogen and oxygen atoms in total. The maximum absolute atomic E-state index is 11.6. The van der Waals surface area contributed by atoms with Crippen molar-refractivity contribution in [1.82, 2.24) is 29.5 Å². The van der Waals surface area contributed by atoms with Crippen molar-refractivity contribution in [2.24, 2.45) is 0 Å². The number of phenols is 2. The van der Waals surface area contributed by atoms with Crippen molar-refractivity contribution in [3.63, 3.8) is 0 Å². The van der Waals surface area contributed by atoms with E-state index in [1.54, 1.807) is 43.0 Å². The van der Waals surface area contributed by atoms with Crippen LogP contribution in [0.2, 0.25) is 0 Å². The third kappa shape index (κ3) is 11.5. The van der Waals surface area contributed by atoms with E-state index in [2.05, 4.69) is 81.3 Å². The Bertz CT molecular complexity index is 2280. The van der Waals surface area contributed by atoms with E-state index in [9.17, 15) is 19.8 Å². The third-order valence-corrected chi connectivity index (χ3v) is 8.29. The van der Waals surface area contributed by atoms with E-state index < -0.39 is 5.75 Å². The lowest BCUT2D eigenvalue weighted by molar-refractivity contribution is 0.110. The van der Waals surface area contributed by atoms with Gasteiger partial charge in [-0.15, -0.1) is 47.3 Å². The van der Waals surface area contributed by atoms with E-state index in [1.165, 1.54) is 26.4 Å². The molecule has 0 amide bonds. The van der Waals surface area contributed by atoms with Crippen LogP contribution in [-0.4, -0.2) is 69.7 Å². The summed E-state index contributed by atoms with van der Waals surface area (Å²) in [5.41, 5.74) is 5.20. The molecule has 0 fully saturated rings. The highest BCUT2D eigenvalue weighted by Crippen LogP contribution is 2.37. The van der Waals surface area contributed by atoms with Crippen LogP contribution in [0.3, 0.4) is 0 Å². The number of rotatable bonds is 14. The second-order valence-electron chi connectivity index (χ2n) is 12.7. The minimum absolute atomic E-state index is 0.0948. The number of pyridine rings is 2. The summed E-state index contributed by atoms with van der Waals surface area (Å²) < 4.78 is 26.3. The standard InChI is InChI=1S/C21H23N3O4.C19H19N3O4.BBr3/c1-14(2)24-17(9-11-23-24)20-15(6-5-10-22-20)13-28-18-7-8-19(26-3)21(27-4)16(18)12-25;1-12(2)22-15(7-9-21-22)18-13(4-3-8-20-18)11-26-17-6-5-16(24)19(25)14(17)10-23;2-1(3)4/h5-12,14H,13H2,1-4H3;3-10,12,24-25H,11H2,1-2H3;. The first-order valence-corrected chi connectivity index (χ1v) is 20.4. The number of ether oxygens (including phenoxy) is 4. The SMILES string of the molecule is BrB(Br)Br.CC(C)n1nccc1-c1ncccc1COc1ccc(O)c(O)c1C=O.COc1ccc(OCc2cccnc2-c2ccnn2C(C)C)c(C=O)c1OC. The van der Waals surface area contributed by atoms with Crippen LogP contribution in [0.5, 0.6) is 34.5 Å². The molecule has 6 rings (SSSR count). The molecule has 4 heterocycles. The lowest BCUT2D eigenvalue weighted by Crippen LogP contribution is -2.08. The number of benzene rings is 2. The highest BCUT2D eigenvalue weighted by Gasteiger charge is 2.19. The van der Waals surface area contributed by atoms with Crippen LogP contribution in [0.1, 0.15) is 71.6 Å². The van der Waals surface area contributed by atoms with E-state index >= 15 is 0 Å². The summed E-state index contributed by atoms with van der Waals surface area (Å²) in [5.74, 6) is 0.547. The van der Waals surface area contributed by atoms with Crippen LogP contribution < -0.4 is 18.9 Å².